The van der Waals surface area contributed by atoms with Crippen LogP contribution in [0, 0.1) is 10.7 Å². The topological polar surface area (TPSA) is 91.1 Å². The number of aryl methyl sites for hydroxylation is 1. The van der Waals surface area contributed by atoms with E-state index in [1.165, 1.54) is 35.7 Å². The second-order valence-corrected chi connectivity index (χ2v) is 12.7. The number of Topliss-reactive ketones (excluding diaryl/α,β-unsaturated/α-hetero) is 1. The summed E-state index contributed by atoms with van der Waals surface area (Å²) in [6, 6.07) is 4.43. The van der Waals surface area contributed by atoms with Gasteiger partial charge in [0.25, 0.3) is 0 Å². The van der Waals surface area contributed by atoms with E-state index in [4.69, 9.17) is 4.78 Å². The lowest BCUT2D eigenvalue weighted by Crippen LogP contribution is -2.19. The molecule has 5 nitrogen and oxygen atoms in total. The van der Waals surface area contributed by atoms with Crippen LogP contribution in [0.25, 0.3) is 0 Å². The van der Waals surface area contributed by atoms with Crippen molar-refractivity contribution in [3.05, 3.63) is 45.6 Å². The maximum atomic E-state index is 13.0. The lowest BCUT2D eigenvalue weighted by atomic mass is 9.86. The normalized spacial score (nSPS) is 19.3. The Morgan fingerprint density at radius 3 is 2.73 bits per heavy atom. The van der Waals surface area contributed by atoms with E-state index in [9.17, 15) is 14.1 Å². The van der Waals surface area contributed by atoms with Crippen LogP contribution in [0.2, 0.25) is 0 Å². The van der Waals surface area contributed by atoms with Crippen molar-refractivity contribution in [3.8, 4) is 0 Å². The van der Waals surface area contributed by atoms with Crippen molar-refractivity contribution in [2.75, 3.05) is 5.75 Å². The number of carbonyl (C=O) groups excluding carboxylic acids is 1. The van der Waals surface area contributed by atoms with Crippen molar-refractivity contribution in [1.82, 2.24) is 4.98 Å². The van der Waals surface area contributed by atoms with E-state index in [2.05, 4.69) is 24.0 Å². The number of ketones is 1. The zero-order valence-electron chi connectivity index (χ0n) is 17.9. The highest BCUT2D eigenvalue weighted by Gasteiger charge is 2.32. The van der Waals surface area contributed by atoms with Crippen LogP contribution in [-0.2, 0) is 39.4 Å². The lowest BCUT2D eigenvalue weighted by molar-refractivity contribution is -0.116. The number of benzene rings is 1. The Hall–Kier alpha value is -1.57. The van der Waals surface area contributed by atoms with E-state index >= 15 is 0 Å². The molecule has 2 aliphatic carbocycles. The Balaban J connectivity index is 1.57. The summed E-state index contributed by atoms with van der Waals surface area (Å²) in [5.74, 6) is 0.685. The summed E-state index contributed by atoms with van der Waals surface area (Å²) in [4.78, 5) is 17.1. The largest absolute Gasteiger partial charge is 0.383 e. The van der Waals surface area contributed by atoms with Gasteiger partial charge in [0.15, 0.2) is 5.78 Å². The van der Waals surface area contributed by atoms with Gasteiger partial charge in [-0.05, 0) is 80.0 Å². The Kier molecular flexibility index (Phi) is 5.66. The number of hydrogen-bond donors (Lipinski definition) is 2. The van der Waals surface area contributed by atoms with Gasteiger partial charge in [-0.3, -0.25) is 4.79 Å². The Labute approximate surface area is 182 Å². The van der Waals surface area contributed by atoms with Gasteiger partial charge in [0.1, 0.15) is 14.8 Å². The molecule has 0 bridgehead atoms. The number of rotatable bonds is 8. The summed E-state index contributed by atoms with van der Waals surface area (Å²) in [7, 11) is -3.27. The smallest absolute Gasteiger partial charge is 0.151 e. The number of nitrogens with one attached hydrogen (secondary N) is 1. The molecule has 1 aromatic carbocycles. The van der Waals surface area contributed by atoms with Gasteiger partial charge in [-0.1, -0.05) is 19.1 Å². The molecular weight excluding hydrogens is 416 g/mol. The summed E-state index contributed by atoms with van der Waals surface area (Å²) in [6.45, 7) is 5.46. The van der Waals surface area contributed by atoms with E-state index in [1.54, 1.807) is 13.8 Å². The zero-order chi connectivity index (χ0) is 21.7. The van der Waals surface area contributed by atoms with Crippen LogP contribution in [0.5, 0.6) is 0 Å². The van der Waals surface area contributed by atoms with Gasteiger partial charge >= 0.3 is 0 Å². The monoisotopic (exact) mass is 446 g/mol. The van der Waals surface area contributed by atoms with E-state index < -0.39 is 15.3 Å². The van der Waals surface area contributed by atoms with Crippen molar-refractivity contribution >= 4 is 26.8 Å². The SMILES string of the molecule is C[C@H](c1ccc2c(c1CC(=O)CS(=N)(=O)c1cnc(C(C)(C)O)s1)CCC2)C1CC1. The molecule has 0 spiro atoms. The Bertz CT molecular complexity index is 1080. The molecule has 0 aliphatic heterocycles. The first kappa shape index (κ1) is 21.7. The first-order valence-corrected chi connectivity index (χ1v) is 13.2. The Morgan fingerprint density at radius 1 is 1.37 bits per heavy atom. The molecule has 1 fully saturated rings. The third-order valence-corrected chi connectivity index (χ3v) is 9.97. The van der Waals surface area contributed by atoms with Gasteiger partial charge in [0, 0.05) is 6.42 Å². The molecule has 2 aliphatic rings. The van der Waals surface area contributed by atoms with Gasteiger partial charge in [-0.25, -0.2) is 14.0 Å². The van der Waals surface area contributed by atoms with Crippen molar-refractivity contribution in [2.24, 2.45) is 5.92 Å². The molecule has 4 rings (SSSR count). The fourth-order valence-electron chi connectivity index (χ4n) is 4.49. The molecule has 1 unspecified atom stereocenters. The number of fused-ring (bicyclic) bond motifs is 1. The molecule has 1 aromatic heterocycles. The van der Waals surface area contributed by atoms with Gasteiger partial charge in [-0.2, -0.15) is 0 Å². The summed E-state index contributed by atoms with van der Waals surface area (Å²) in [5.41, 5.74) is 3.90. The fourth-order valence-corrected chi connectivity index (χ4v) is 7.01. The number of hydrogen-bond acceptors (Lipinski definition) is 6. The molecule has 0 amide bonds. The van der Waals surface area contributed by atoms with Crippen molar-refractivity contribution in [3.63, 3.8) is 0 Å². The van der Waals surface area contributed by atoms with Crippen LogP contribution in [0.1, 0.15) is 73.2 Å². The van der Waals surface area contributed by atoms with E-state index in [0.29, 0.717) is 16.8 Å². The summed E-state index contributed by atoms with van der Waals surface area (Å²) < 4.78 is 21.6. The molecule has 0 saturated heterocycles. The highest BCUT2D eigenvalue weighted by molar-refractivity contribution is 7.95. The second kappa shape index (κ2) is 7.84. The molecule has 162 valence electrons. The van der Waals surface area contributed by atoms with Crippen molar-refractivity contribution < 1.29 is 14.1 Å². The Morgan fingerprint density at radius 2 is 2.10 bits per heavy atom. The minimum Gasteiger partial charge on any atom is -0.383 e. The van der Waals surface area contributed by atoms with Crippen LogP contribution in [0.4, 0.5) is 0 Å². The predicted molar refractivity (Wildman–Crippen MR) is 120 cm³/mol. The number of nitrogens with zero attached hydrogens (tertiary/aromatic N) is 1. The summed E-state index contributed by atoms with van der Waals surface area (Å²) in [6.07, 6.45) is 7.31. The molecular formula is C23H30N2O3S2. The fraction of sp³-hybridized carbons (Fsp3) is 0.565. The maximum Gasteiger partial charge on any atom is 0.151 e. The lowest BCUT2D eigenvalue weighted by Gasteiger charge is -2.19. The molecule has 1 heterocycles. The first-order valence-electron chi connectivity index (χ1n) is 10.7. The number of aliphatic hydroxyl groups is 1. The zero-order valence-corrected chi connectivity index (χ0v) is 19.5. The standard InChI is InChI=1S/C23H30N2O3S2/c1-14(15-7-8-15)18-10-9-16-5-4-6-19(16)20(18)11-17(26)13-30(24,28)21-12-25-22(29-21)23(2,3)27/h9-10,12,14-15,24,27H,4-8,11,13H2,1-3H3/t14-,30?/m0/s1. The van der Waals surface area contributed by atoms with Crippen LogP contribution in [-0.4, -0.2) is 25.8 Å². The highest BCUT2D eigenvalue weighted by Crippen LogP contribution is 2.44. The van der Waals surface area contributed by atoms with Gasteiger partial charge in [-0.15, -0.1) is 11.3 Å². The third kappa shape index (κ3) is 4.39. The van der Waals surface area contributed by atoms with E-state index in [0.717, 1.165) is 36.2 Å². The van der Waals surface area contributed by atoms with Crippen LogP contribution in [0.3, 0.4) is 0 Å². The summed E-state index contributed by atoms with van der Waals surface area (Å²) >= 11 is 1.06. The van der Waals surface area contributed by atoms with Gasteiger partial charge in [0.2, 0.25) is 0 Å². The number of carbonyl (C=O) groups is 1. The van der Waals surface area contributed by atoms with Crippen LogP contribution >= 0.6 is 11.3 Å². The average molecular weight is 447 g/mol. The molecule has 0 radical (unpaired) electrons. The predicted octanol–water partition coefficient (Wildman–Crippen LogP) is 4.59. The minimum atomic E-state index is -3.27. The van der Waals surface area contributed by atoms with Crippen molar-refractivity contribution in [1.29, 1.82) is 4.78 Å². The third-order valence-electron chi connectivity index (χ3n) is 6.33. The molecule has 1 saturated carbocycles. The second-order valence-electron chi connectivity index (χ2n) is 9.33. The van der Waals surface area contributed by atoms with Crippen molar-refractivity contribution in [2.45, 2.75) is 75.0 Å². The number of aromatic nitrogens is 1. The molecule has 2 atom stereocenters. The van der Waals surface area contributed by atoms with E-state index in [-0.39, 0.29) is 22.2 Å². The molecule has 2 N–H and O–H groups in total. The average Bonchev–Trinajstić information content (AvgIpc) is 3.16. The van der Waals surface area contributed by atoms with Crippen LogP contribution < -0.4 is 0 Å². The van der Waals surface area contributed by atoms with Gasteiger partial charge < -0.3 is 5.11 Å². The van der Waals surface area contributed by atoms with E-state index in [1.807, 2.05) is 0 Å². The maximum absolute atomic E-state index is 13.0. The molecule has 30 heavy (non-hydrogen) atoms. The molecule has 7 heteroatoms. The molecule has 2 aromatic rings. The first-order chi connectivity index (χ1) is 14.1. The minimum absolute atomic E-state index is 0.155. The quantitative estimate of drug-likeness (QED) is 0.620. The highest BCUT2D eigenvalue weighted by atomic mass is 32.2. The summed E-state index contributed by atoms with van der Waals surface area (Å²) in [5, 5.41) is 10.5. The van der Waals surface area contributed by atoms with Crippen LogP contribution in [0.15, 0.2) is 22.5 Å². The van der Waals surface area contributed by atoms with Gasteiger partial charge in [0.05, 0.1) is 21.7 Å². The number of thiazole rings is 1.